The number of carbonyl (C=O) groups excluding carboxylic acids is 3. The summed E-state index contributed by atoms with van der Waals surface area (Å²) < 4.78 is 12.3. The summed E-state index contributed by atoms with van der Waals surface area (Å²) in [5, 5.41) is 11.0. The summed E-state index contributed by atoms with van der Waals surface area (Å²) in [4.78, 5) is 45.8. The van der Waals surface area contributed by atoms with E-state index in [1.54, 1.807) is 37.3 Å². The molecule has 0 saturated carbocycles. The van der Waals surface area contributed by atoms with Crippen molar-refractivity contribution in [3.05, 3.63) is 77.8 Å². The van der Waals surface area contributed by atoms with Crippen molar-refractivity contribution in [2.75, 3.05) is 24.7 Å². The fraction of sp³-hybridized carbons (Fsp3) is 0.469. The van der Waals surface area contributed by atoms with Gasteiger partial charge in [0.05, 0.1) is 41.5 Å². The van der Waals surface area contributed by atoms with Gasteiger partial charge in [-0.3, -0.25) is 14.4 Å². The molecule has 3 aliphatic rings. The van der Waals surface area contributed by atoms with E-state index in [9.17, 15) is 19.5 Å². The van der Waals surface area contributed by atoms with Gasteiger partial charge in [-0.05, 0) is 50.3 Å². The average molecular weight is 581 g/mol. The summed E-state index contributed by atoms with van der Waals surface area (Å²) in [5.41, 5.74) is -0.772. The smallest absolute Gasteiger partial charge is 0.312 e. The van der Waals surface area contributed by atoms with Crippen molar-refractivity contribution in [2.45, 2.75) is 62.8 Å². The van der Waals surface area contributed by atoms with E-state index < -0.39 is 47.0 Å². The lowest BCUT2D eigenvalue weighted by atomic mass is 9.65. The van der Waals surface area contributed by atoms with Gasteiger partial charge in [-0.15, -0.1) is 6.58 Å². The number of esters is 1. The number of hydrogen-bond donors (Lipinski definition) is 1. The number of aliphatic hydroxyl groups excluding tert-OH is 1. The molecule has 2 bridgehead atoms. The van der Waals surface area contributed by atoms with Gasteiger partial charge in [0.25, 0.3) is 5.91 Å². The highest BCUT2D eigenvalue weighted by Gasteiger charge is 2.79. The van der Waals surface area contributed by atoms with E-state index in [2.05, 4.69) is 6.58 Å². The number of ether oxygens (including phenoxy) is 2. The third-order valence-corrected chi connectivity index (χ3v) is 9.35. The Morgan fingerprint density at radius 1 is 1.20 bits per heavy atom. The molecule has 2 aromatic rings. The van der Waals surface area contributed by atoms with Crippen LogP contribution in [0.2, 0.25) is 5.02 Å². The Morgan fingerprint density at radius 2 is 1.90 bits per heavy atom. The molecule has 9 heteroatoms. The standard InChI is InChI=1S/C32H37ClN2O6/c1-4-18-34(24-15-11-10-14-23(24)33)29(38)27-32-17-16-31(5-2,41-32)26(30(39)40-6-3)25(32)28(37)35(27)22(20-36)19-21-12-8-7-9-13-21/h4,7-15,22,25-27,36H,1,5-6,16-20H2,2-3H3/t22-,25+,26+,27?,31-,32?/m1/s1. The molecular weight excluding hydrogens is 544 g/mol. The lowest BCUT2D eigenvalue weighted by molar-refractivity contribution is -0.161. The van der Waals surface area contributed by atoms with Crippen LogP contribution in [0.25, 0.3) is 0 Å². The summed E-state index contributed by atoms with van der Waals surface area (Å²) in [6.45, 7) is 7.45. The first-order chi connectivity index (χ1) is 19.8. The molecule has 3 saturated heterocycles. The second kappa shape index (κ2) is 11.6. The molecule has 1 spiro atoms. The first-order valence-electron chi connectivity index (χ1n) is 14.3. The van der Waals surface area contributed by atoms with E-state index in [1.807, 2.05) is 37.3 Å². The maximum Gasteiger partial charge on any atom is 0.312 e. The fourth-order valence-electron chi connectivity index (χ4n) is 7.31. The number of halogens is 1. The van der Waals surface area contributed by atoms with Crippen LogP contribution in [0.1, 0.15) is 38.7 Å². The Labute approximate surface area is 245 Å². The molecule has 2 amide bonds. The van der Waals surface area contributed by atoms with E-state index in [4.69, 9.17) is 21.1 Å². The van der Waals surface area contributed by atoms with Gasteiger partial charge in [-0.25, -0.2) is 0 Å². The lowest BCUT2D eigenvalue weighted by Gasteiger charge is -2.39. The molecule has 3 heterocycles. The van der Waals surface area contributed by atoms with Crippen molar-refractivity contribution < 1.29 is 29.0 Å². The van der Waals surface area contributed by atoms with Crippen LogP contribution in [0.5, 0.6) is 0 Å². The zero-order valence-corrected chi connectivity index (χ0v) is 24.3. The first kappa shape index (κ1) is 29.3. The number of amides is 2. The second-order valence-electron chi connectivity index (χ2n) is 11.0. The van der Waals surface area contributed by atoms with Crippen molar-refractivity contribution in [3.63, 3.8) is 0 Å². The van der Waals surface area contributed by atoms with Crippen LogP contribution in [-0.4, -0.2) is 70.8 Å². The third-order valence-electron chi connectivity index (χ3n) is 9.03. The van der Waals surface area contributed by atoms with Gasteiger partial charge >= 0.3 is 5.97 Å². The number of carbonyl (C=O) groups is 3. The van der Waals surface area contributed by atoms with E-state index in [1.165, 1.54) is 9.80 Å². The summed E-state index contributed by atoms with van der Waals surface area (Å²) >= 11 is 6.56. The molecule has 8 nitrogen and oxygen atoms in total. The maximum atomic E-state index is 14.8. The minimum Gasteiger partial charge on any atom is -0.466 e. The van der Waals surface area contributed by atoms with Gasteiger partial charge < -0.3 is 24.4 Å². The number of hydrogen-bond acceptors (Lipinski definition) is 6. The first-order valence-corrected chi connectivity index (χ1v) is 14.7. The summed E-state index contributed by atoms with van der Waals surface area (Å²) in [6, 6.07) is 14.7. The summed E-state index contributed by atoms with van der Waals surface area (Å²) in [5.74, 6) is -3.01. The topological polar surface area (TPSA) is 96.4 Å². The molecule has 3 aliphatic heterocycles. The van der Waals surface area contributed by atoms with Gasteiger partial charge in [0.2, 0.25) is 5.91 Å². The molecule has 5 rings (SSSR count). The van der Waals surface area contributed by atoms with Crippen molar-refractivity contribution in [2.24, 2.45) is 11.8 Å². The quantitative estimate of drug-likeness (QED) is 0.316. The van der Waals surface area contributed by atoms with Crippen molar-refractivity contribution in [1.29, 1.82) is 0 Å². The monoisotopic (exact) mass is 580 g/mol. The molecule has 218 valence electrons. The zero-order chi connectivity index (χ0) is 29.4. The molecule has 6 atom stereocenters. The molecule has 2 aromatic carbocycles. The highest BCUT2D eigenvalue weighted by atomic mass is 35.5. The van der Waals surface area contributed by atoms with E-state index >= 15 is 0 Å². The van der Waals surface area contributed by atoms with Gasteiger partial charge in [-0.2, -0.15) is 0 Å². The Hall–Kier alpha value is -3.20. The maximum absolute atomic E-state index is 14.8. The number of rotatable bonds is 11. The highest BCUT2D eigenvalue weighted by Crippen LogP contribution is 2.65. The molecule has 0 radical (unpaired) electrons. The number of para-hydroxylation sites is 1. The normalized spacial score (nSPS) is 28.8. The lowest BCUT2D eigenvalue weighted by Crippen LogP contribution is -2.59. The molecule has 41 heavy (non-hydrogen) atoms. The summed E-state index contributed by atoms with van der Waals surface area (Å²) in [6.07, 6.45) is 3.37. The van der Waals surface area contributed by atoms with Gasteiger partial charge in [0, 0.05) is 6.54 Å². The number of aliphatic hydroxyl groups is 1. The van der Waals surface area contributed by atoms with Crippen LogP contribution in [0.15, 0.2) is 67.3 Å². The zero-order valence-electron chi connectivity index (χ0n) is 23.5. The Bertz CT molecular complexity index is 1320. The van der Waals surface area contributed by atoms with E-state index in [0.29, 0.717) is 36.4 Å². The number of nitrogens with zero attached hydrogens (tertiary/aromatic N) is 2. The van der Waals surface area contributed by atoms with Crippen molar-refractivity contribution >= 4 is 35.1 Å². The molecule has 3 fully saturated rings. The molecule has 0 aromatic heterocycles. The highest BCUT2D eigenvalue weighted by molar-refractivity contribution is 6.34. The fourth-order valence-corrected chi connectivity index (χ4v) is 7.55. The minimum atomic E-state index is -1.26. The molecular formula is C32H37ClN2O6. The molecule has 2 unspecified atom stereocenters. The Morgan fingerprint density at radius 3 is 2.54 bits per heavy atom. The largest absolute Gasteiger partial charge is 0.466 e. The molecule has 0 aliphatic carbocycles. The summed E-state index contributed by atoms with van der Waals surface area (Å²) in [7, 11) is 0. The van der Waals surface area contributed by atoms with Crippen LogP contribution < -0.4 is 4.90 Å². The number of fused-ring (bicyclic) bond motifs is 1. The average Bonchev–Trinajstić information content (AvgIpc) is 3.59. The Kier molecular flexibility index (Phi) is 8.28. The molecule has 1 N–H and O–H groups in total. The van der Waals surface area contributed by atoms with Crippen LogP contribution in [0.3, 0.4) is 0 Å². The van der Waals surface area contributed by atoms with Crippen molar-refractivity contribution in [3.8, 4) is 0 Å². The SMILES string of the molecule is C=CCN(C(=O)C1N([C@@H](CO)Cc2ccccc2)C(=O)[C@@H]2[C@@H](C(=O)OCC)[C@@]3(CC)CCC12O3)c1ccccc1Cl. The van der Waals surface area contributed by atoms with Gasteiger partial charge in [-0.1, -0.05) is 67.1 Å². The van der Waals surface area contributed by atoms with E-state index in [-0.39, 0.29) is 25.7 Å². The van der Waals surface area contributed by atoms with Gasteiger partial charge in [0.1, 0.15) is 17.6 Å². The number of anilines is 1. The van der Waals surface area contributed by atoms with Crippen LogP contribution in [0, 0.1) is 11.8 Å². The van der Waals surface area contributed by atoms with Crippen LogP contribution in [-0.2, 0) is 30.3 Å². The predicted octanol–water partition coefficient (Wildman–Crippen LogP) is 4.18. The Balaban J connectivity index is 1.66. The van der Waals surface area contributed by atoms with Crippen molar-refractivity contribution in [1.82, 2.24) is 4.90 Å². The minimum absolute atomic E-state index is 0.143. The van der Waals surface area contributed by atoms with Crippen LogP contribution in [0.4, 0.5) is 5.69 Å². The predicted molar refractivity (Wildman–Crippen MR) is 155 cm³/mol. The number of likely N-dealkylation sites (tertiary alicyclic amines) is 1. The second-order valence-corrected chi connectivity index (χ2v) is 11.5. The van der Waals surface area contributed by atoms with Crippen LogP contribution >= 0.6 is 11.6 Å². The number of benzene rings is 2. The van der Waals surface area contributed by atoms with Gasteiger partial charge in [0.15, 0.2) is 0 Å². The van der Waals surface area contributed by atoms with E-state index in [0.717, 1.165) is 5.56 Å². The third kappa shape index (κ3) is 4.66.